The van der Waals surface area contributed by atoms with Gasteiger partial charge in [-0.25, -0.2) is 4.39 Å². The third kappa shape index (κ3) is 4.27. The summed E-state index contributed by atoms with van der Waals surface area (Å²) in [5.41, 5.74) is 3.37. The minimum atomic E-state index is -0.393. The van der Waals surface area contributed by atoms with E-state index in [9.17, 15) is 14.0 Å². The minimum absolute atomic E-state index is 0.218. The number of halogens is 1. The number of nitrogens with one attached hydrogen (secondary N) is 1. The highest BCUT2D eigenvalue weighted by molar-refractivity contribution is 6.08. The van der Waals surface area contributed by atoms with Gasteiger partial charge >= 0.3 is 0 Å². The second-order valence-corrected chi connectivity index (χ2v) is 7.42. The van der Waals surface area contributed by atoms with E-state index < -0.39 is 5.82 Å². The molecular formula is C25H23FN2O4. The number of carbonyl (C=O) groups excluding carboxylic acids is 2. The molecule has 6 nitrogen and oxygen atoms in total. The molecule has 3 aromatic rings. The van der Waals surface area contributed by atoms with Gasteiger partial charge in [0.1, 0.15) is 17.3 Å². The van der Waals surface area contributed by atoms with Crippen LogP contribution in [0.15, 0.2) is 60.7 Å². The number of hydrogen-bond acceptors (Lipinski definition) is 4. The molecule has 0 bridgehead atoms. The van der Waals surface area contributed by atoms with Gasteiger partial charge in [0, 0.05) is 41.5 Å². The van der Waals surface area contributed by atoms with Crippen molar-refractivity contribution in [3.05, 3.63) is 88.7 Å². The molecule has 32 heavy (non-hydrogen) atoms. The number of benzene rings is 3. The summed E-state index contributed by atoms with van der Waals surface area (Å²) in [5.74, 6) is 0.419. The molecule has 3 aromatic carbocycles. The van der Waals surface area contributed by atoms with Crippen LogP contribution in [0.25, 0.3) is 0 Å². The standard InChI is InChI=1S/C25H23FN2O4/c1-31-21-10-7-19(23(14-21)32-2)15-27-24(29)18-4-3-16-11-12-28(22(16)13-18)25(30)17-5-8-20(26)9-6-17/h3-10,13-14H,11-12,15H2,1-2H3,(H,27,29). The average molecular weight is 434 g/mol. The van der Waals surface area contributed by atoms with Gasteiger partial charge in [-0.1, -0.05) is 6.07 Å². The number of fused-ring (bicyclic) bond motifs is 1. The molecule has 0 fully saturated rings. The monoisotopic (exact) mass is 434 g/mol. The molecule has 0 aliphatic carbocycles. The molecule has 1 N–H and O–H groups in total. The highest BCUT2D eigenvalue weighted by Gasteiger charge is 2.26. The van der Waals surface area contributed by atoms with Crippen molar-refractivity contribution in [1.29, 1.82) is 0 Å². The summed E-state index contributed by atoms with van der Waals surface area (Å²) in [4.78, 5) is 27.3. The Morgan fingerprint density at radius 2 is 1.72 bits per heavy atom. The Bertz CT molecular complexity index is 1160. The summed E-state index contributed by atoms with van der Waals surface area (Å²) >= 11 is 0. The Morgan fingerprint density at radius 3 is 2.44 bits per heavy atom. The smallest absolute Gasteiger partial charge is 0.258 e. The van der Waals surface area contributed by atoms with Gasteiger partial charge in [0.2, 0.25) is 0 Å². The van der Waals surface area contributed by atoms with Crippen LogP contribution in [0, 0.1) is 5.82 Å². The van der Waals surface area contributed by atoms with Crippen molar-refractivity contribution in [2.45, 2.75) is 13.0 Å². The normalized spacial score (nSPS) is 12.3. The number of carbonyl (C=O) groups is 2. The van der Waals surface area contributed by atoms with Crippen LogP contribution in [-0.2, 0) is 13.0 Å². The van der Waals surface area contributed by atoms with E-state index in [2.05, 4.69) is 5.32 Å². The molecule has 2 amide bonds. The van der Waals surface area contributed by atoms with Crippen LogP contribution in [0.2, 0.25) is 0 Å². The van der Waals surface area contributed by atoms with Crippen LogP contribution in [0.5, 0.6) is 11.5 Å². The fourth-order valence-electron chi connectivity index (χ4n) is 3.76. The van der Waals surface area contributed by atoms with E-state index in [1.54, 1.807) is 43.4 Å². The quantitative estimate of drug-likeness (QED) is 0.637. The largest absolute Gasteiger partial charge is 0.497 e. The van der Waals surface area contributed by atoms with Crippen molar-refractivity contribution >= 4 is 17.5 Å². The van der Waals surface area contributed by atoms with Gasteiger partial charge in [-0.15, -0.1) is 0 Å². The number of ether oxygens (including phenoxy) is 2. The Morgan fingerprint density at radius 1 is 0.969 bits per heavy atom. The minimum Gasteiger partial charge on any atom is -0.497 e. The predicted molar refractivity (Wildman–Crippen MR) is 119 cm³/mol. The highest BCUT2D eigenvalue weighted by atomic mass is 19.1. The maximum Gasteiger partial charge on any atom is 0.258 e. The fourth-order valence-corrected chi connectivity index (χ4v) is 3.76. The van der Waals surface area contributed by atoms with Crippen LogP contribution < -0.4 is 19.7 Å². The Hall–Kier alpha value is -3.87. The summed E-state index contributed by atoms with van der Waals surface area (Å²) < 4.78 is 23.8. The van der Waals surface area contributed by atoms with Gasteiger partial charge in [0.15, 0.2) is 0 Å². The van der Waals surface area contributed by atoms with Crippen molar-refractivity contribution in [2.75, 3.05) is 25.7 Å². The van der Waals surface area contributed by atoms with E-state index in [-0.39, 0.29) is 18.4 Å². The van der Waals surface area contributed by atoms with Crippen molar-refractivity contribution < 1.29 is 23.5 Å². The topological polar surface area (TPSA) is 67.9 Å². The Kier molecular flexibility index (Phi) is 6.07. The van der Waals surface area contributed by atoms with Gasteiger partial charge in [-0.05, 0) is 60.5 Å². The number of anilines is 1. The lowest BCUT2D eigenvalue weighted by molar-refractivity contribution is 0.0948. The van der Waals surface area contributed by atoms with Crippen molar-refractivity contribution in [3.8, 4) is 11.5 Å². The summed E-state index contributed by atoms with van der Waals surface area (Å²) in [6, 6.07) is 16.2. The third-order valence-corrected chi connectivity index (χ3v) is 5.51. The van der Waals surface area contributed by atoms with E-state index in [1.807, 2.05) is 12.1 Å². The molecule has 0 atom stereocenters. The molecule has 0 saturated carbocycles. The van der Waals surface area contributed by atoms with Crippen LogP contribution in [0.4, 0.5) is 10.1 Å². The number of methoxy groups -OCH3 is 2. The lowest BCUT2D eigenvalue weighted by Crippen LogP contribution is -2.29. The van der Waals surface area contributed by atoms with E-state index in [0.717, 1.165) is 11.1 Å². The third-order valence-electron chi connectivity index (χ3n) is 5.51. The van der Waals surface area contributed by atoms with Crippen molar-refractivity contribution in [1.82, 2.24) is 5.32 Å². The van der Waals surface area contributed by atoms with E-state index in [1.165, 1.54) is 24.3 Å². The van der Waals surface area contributed by atoms with Gasteiger partial charge < -0.3 is 19.7 Å². The molecule has 0 aromatic heterocycles. The van der Waals surface area contributed by atoms with Gasteiger partial charge in [-0.2, -0.15) is 0 Å². The van der Waals surface area contributed by atoms with Crippen LogP contribution in [-0.4, -0.2) is 32.6 Å². The van der Waals surface area contributed by atoms with Crippen LogP contribution >= 0.6 is 0 Å². The molecule has 1 heterocycles. The van der Waals surface area contributed by atoms with Gasteiger partial charge in [0.25, 0.3) is 11.8 Å². The number of amides is 2. The van der Waals surface area contributed by atoms with Crippen LogP contribution in [0.3, 0.4) is 0 Å². The fraction of sp³-hybridized carbons (Fsp3) is 0.200. The lowest BCUT2D eigenvalue weighted by atomic mass is 10.1. The van der Waals surface area contributed by atoms with E-state index in [0.29, 0.717) is 41.3 Å². The first-order chi connectivity index (χ1) is 15.5. The number of hydrogen-bond donors (Lipinski definition) is 1. The first-order valence-electron chi connectivity index (χ1n) is 10.2. The summed E-state index contributed by atoms with van der Waals surface area (Å²) in [5, 5.41) is 2.90. The van der Waals surface area contributed by atoms with Crippen molar-refractivity contribution in [3.63, 3.8) is 0 Å². The van der Waals surface area contributed by atoms with E-state index in [4.69, 9.17) is 9.47 Å². The van der Waals surface area contributed by atoms with Gasteiger partial charge in [0.05, 0.1) is 14.2 Å². The molecule has 0 saturated heterocycles. The zero-order chi connectivity index (χ0) is 22.7. The maximum atomic E-state index is 13.2. The Labute approximate surface area is 185 Å². The molecule has 0 unspecified atom stereocenters. The molecule has 0 spiro atoms. The number of nitrogens with zero attached hydrogens (tertiary/aromatic N) is 1. The molecule has 4 rings (SSSR count). The van der Waals surface area contributed by atoms with Crippen LogP contribution in [0.1, 0.15) is 31.8 Å². The predicted octanol–water partition coefficient (Wildman–Crippen LogP) is 3.98. The first kappa shape index (κ1) is 21.4. The van der Waals surface area contributed by atoms with E-state index >= 15 is 0 Å². The molecule has 164 valence electrons. The molecule has 1 aliphatic rings. The Balaban J connectivity index is 1.50. The summed E-state index contributed by atoms with van der Waals surface area (Å²) in [6.07, 6.45) is 0.702. The molecule has 1 aliphatic heterocycles. The second-order valence-electron chi connectivity index (χ2n) is 7.42. The summed E-state index contributed by atoms with van der Waals surface area (Å²) in [7, 11) is 3.14. The lowest BCUT2D eigenvalue weighted by Gasteiger charge is -2.18. The van der Waals surface area contributed by atoms with Gasteiger partial charge in [-0.3, -0.25) is 9.59 Å². The highest BCUT2D eigenvalue weighted by Crippen LogP contribution is 2.31. The van der Waals surface area contributed by atoms with Crippen molar-refractivity contribution in [2.24, 2.45) is 0 Å². The molecule has 0 radical (unpaired) electrons. The molecule has 7 heteroatoms. The summed E-state index contributed by atoms with van der Waals surface area (Å²) in [6.45, 7) is 0.793. The number of rotatable bonds is 6. The second kappa shape index (κ2) is 9.09. The maximum absolute atomic E-state index is 13.2. The first-order valence-corrected chi connectivity index (χ1v) is 10.2. The zero-order valence-corrected chi connectivity index (χ0v) is 17.9. The average Bonchev–Trinajstić information content (AvgIpc) is 3.25. The SMILES string of the molecule is COc1ccc(CNC(=O)c2ccc3c(c2)N(C(=O)c2ccc(F)cc2)CC3)c(OC)c1. The molecular weight excluding hydrogens is 411 g/mol. The zero-order valence-electron chi connectivity index (χ0n) is 17.9.